The molecular weight excluding hydrogens is 334 g/mol. The molecule has 3 rings (SSSR count). The van der Waals surface area contributed by atoms with Crippen molar-refractivity contribution < 1.29 is 4.74 Å². The summed E-state index contributed by atoms with van der Waals surface area (Å²) in [5, 5.41) is 3.22. The second-order valence-electron chi connectivity index (χ2n) is 5.74. The van der Waals surface area contributed by atoms with Crippen molar-refractivity contribution in [3.63, 3.8) is 0 Å². The van der Waals surface area contributed by atoms with Crippen molar-refractivity contribution >= 4 is 0 Å². The van der Waals surface area contributed by atoms with Crippen LogP contribution in [0, 0.1) is 0 Å². The molecule has 0 aromatic carbocycles. The third-order valence-corrected chi connectivity index (χ3v) is 3.76. The minimum atomic E-state index is 1.00. The monoisotopic (exact) mass is 391 g/mol. The van der Waals surface area contributed by atoms with Gasteiger partial charge in [-0.1, -0.05) is 55.4 Å². The molecule has 0 aromatic rings. The first kappa shape index (κ1) is 34.4. The SMILES string of the molecule is C1CCNC1.C1CCOCC1.CC.CC.CC.CC.CN1CCN(C)CC1. The highest BCUT2D eigenvalue weighted by Crippen LogP contribution is 2.02. The van der Waals surface area contributed by atoms with E-state index >= 15 is 0 Å². The minimum absolute atomic E-state index is 1.00. The number of piperazine rings is 1. The largest absolute Gasteiger partial charge is 0.381 e. The van der Waals surface area contributed by atoms with E-state index in [1.807, 2.05) is 55.4 Å². The van der Waals surface area contributed by atoms with E-state index in [1.165, 1.54) is 71.4 Å². The number of rotatable bonds is 0. The maximum atomic E-state index is 5.07. The highest BCUT2D eigenvalue weighted by molar-refractivity contribution is 4.64. The Morgan fingerprint density at radius 1 is 0.519 bits per heavy atom. The van der Waals surface area contributed by atoms with E-state index in [-0.39, 0.29) is 0 Å². The molecular formula is C23H57N3O. The van der Waals surface area contributed by atoms with Crippen LogP contribution in [0.4, 0.5) is 0 Å². The maximum absolute atomic E-state index is 5.07. The first-order valence-corrected chi connectivity index (χ1v) is 11.9. The van der Waals surface area contributed by atoms with Crippen molar-refractivity contribution in [2.24, 2.45) is 0 Å². The predicted molar refractivity (Wildman–Crippen MR) is 127 cm³/mol. The standard InChI is InChI=1S/C6H14N2.C5H10O.C4H9N.4C2H6/c1-7-3-5-8(2)6-4-7;1-2-4-6-5-3-1;1-2-4-5-3-1;4*1-2/h3-6H2,1-2H3;1-5H2;5H,1-4H2;4*1-2H3. The van der Waals surface area contributed by atoms with Gasteiger partial charge in [0.25, 0.3) is 0 Å². The predicted octanol–water partition coefficient (Wildman–Crippen LogP) is 5.53. The fourth-order valence-electron chi connectivity index (χ4n) is 2.22. The van der Waals surface area contributed by atoms with E-state index in [9.17, 15) is 0 Å². The average molecular weight is 392 g/mol. The molecule has 0 aliphatic carbocycles. The second-order valence-corrected chi connectivity index (χ2v) is 5.74. The van der Waals surface area contributed by atoms with E-state index in [1.54, 1.807) is 0 Å². The van der Waals surface area contributed by atoms with Gasteiger partial charge < -0.3 is 19.9 Å². The van der Waals surface area contributed by atoms with Gasteiger partial charge in [0.05, 0.1) is 0 Å². The summed E-state index contributed by atoms with van der Waals surface area (Å²) < 4.78 is 5.07. The Labute approximate surface area is 174 Å². The van der Waals surface area contributed by atoms with E-state index in [2.05, 4.69) is 29.2 Å². The zero-order valence-electron chi connectivity index (χ0n) is 21.0. The van der Waals surface area contributed by atoms with Crippen LogP contribution in [0.1, 0.15) is 87.5 Å². The summed E-state index contributed by atoms with van der Waals surface area (Å²) in [6.07, 6.45) is 6.71. The topological polar surface area (TPSA) is 27.7 Å². The van der Waals surface area contributed by atoms with Gasteiger partial charge in [-0.25, -0.2) is 0 Å². The van der Waals surface area contributed by atoms with Crippen molar-refractivity contribution in [3.8, 4) is 0 Å². The van der Waals surface area contributed by atoms with Crippen LogP contribution in [0.5, 0.6) is 0 Å². The van der Waals surface area contributed by atoms with Gasteiger partial charge in [0.15, 0.2) is 0 Å². The molecule has 3 aliphatic rings. The van der Waals surface area contributed by atoms with Gasteiger partial charge in [0, 0.05) is 39.4 Å². The third-order valence-electron chi connectivity index (χ3n) is 3.76. The molecule has 0 atom stereocenters. The summed E-state index contributed by atoms with van der Waals surface area (Å²) in [5.41, 5.74) is 0. The number of hydrogen-bond acceptors (Lipinski definition) is 4. The molecule has 170 valence electrons. The molecule has 1 N–H and O–H groups in total. The van der Waals surface area contributed by atoms with E-state index in [4.69, 9.17) is 4.74 Å². The normalized spacial score (nSPS) is 18.4. The minimum Gasteiger partial charge on any atom is -0.381 e. The van der Waals surface area contributed by atoms with Crippen molar-refractivity contribution in [3.05, 3.63) is 0 Å². The van der Waals surface area contributed by atoms with Gasteiger partial charge in [-0.15, -0.1) is 0 Å². The molecule has 0 unspecified atom stereocenters. The molecule has 3 aliphatic heterocycles. The number of ether oxygens (including phenoxy) is 1. The van der Waals surface area contributed by atoms with Crippen molar-refractivity contribution in [1.82, 2.24) is 15.1 Å². The molecule has 0 amide bonds. The lowest BCUT2D eigenvalue weighted by atomic mass is 10.2. The van der Waals surface area contributed by atoms with Gasteiger partial charge in [0.1, 0.15) is 0 Å². The molecule has 3 saturated heterocycles. The zero-order valence-corrected chi connectivity index (χ0v) is 21.0. The lowest BCUT2D eigenvalue weighted by Gasteiger charge is -2.28. The molecule has 4 heteroatoms. The first-order chi connectivity index (χ1) is 13.3. The molecule has 0 radical (unpaired) electrons. The molecule has 0 spiro atoms. The molecule has 27 heavy (non-hydrogen) atoms. The van der Waals surface area contributed by atoms with Gasteiger partial charge in [0.2, 0.25) is 0 Å². The highest BCUT2D eigenvalue weighted by Gasteiger charge is 2.07. The van der Waals surface area contributed by atoms with Crippen LogP contribution in [0.3, 0.4) is 0 Å². The first-order valence-electron chi connectivity index (χ1n) is 11.9. The Balaban J connectivity index is -0.000000126. The second kappa shape index (κ2) is 36.7. The summed E-state index contributed by atoms with van der Waals surface area (Å²) >= 11 is 0. The summed E-state index contributed by atoms with van der Waals surface area (Å²) in [6.45, 7) is 25.4. The maximum Gasteiger partial charge on any atom is 0.0466 e. The van der Waals surface area contributed by atoms with Crippen LogP contribution < -0.4 is 5.32 Å². The van der Waals surface area contributed by atoms with Gasteiger partial charge in [-0.3, -0.25) is 0 Å². The van der Waals surface area contributed by atoms with E-state index in [0.29, 0.717) is 0 Å². The van der Waals surface area contributed by atoms with E-state index < -0.39 is 0 Å². The van der Waals surface area contributed by atoms with Crippen LogP contribution in [-0.4, -0.2) is 76.4 Å². The molecule has 4 nitrogen and oxygen atoms in total. The van der Waals surface area contributed by atoms with Crippen LogP contribution in [0.25, 0.3) is 0 Å². The molecule has 3 fully saturated rings. The molecule has 0 bridgehead atoms. The summed E-state index contributed by atoms with van der Waals surface area (Å²) in [6, 6.07) is 0. The summed E-state index contributed by atoms with van der Waals surface area (Å²) in [7, 11) is 4.35. The molecule has 0 saturated carbocycles. The van der Waals surface area contributed by atoms with Crippen LogP contribution in [-0.2, 0) is 4.74 Å². The van der Waals surface area contributed by atoms with Crippen LogP contribution in [0.2, 0.25) is 0 Å². The zero-order chi connectivity index (χ0) is 21.8. The highest BCUT2D eigenvalue weighted by atomic mass is 16.5. The summed E-state index contributed by atoms with van der Waals surface area (Å²) in [5.74, 6) is 0. The number of nitrogens with zero attached hydrogens (tertiary/aromatic N) is 2. The number of likely N-dealkylation sites (N-methyl/N-ethyl adjacent to an activating group) is 2. The Hall–Kier alpha value is -0.160. The Morgan fingerprint density at radius 2 is 0.852 bits per heavy atom. The lowest BCUT2D eigenvalue weighted by Crippen LogP contribution is -2.42. The smallest absolute Gasteiger partial charge is 0.0466 e. The Bertz CT molecular complexity index is 159. The van der Waals surface area contributed by atoms with Gasteiger partial charge in [-0.05, 0) is 59.3 Å². The number of hydrogen-bond donors (Lipinski definition) is 1. The molecule has 0 aromatic heterocycles. The van der Waals surface area contributed by atoms with Crippen molar-refractivity contribution in [1.29, 1.82) is 0 Å². The molecule has 3 heterocycles. The average Bonchev–Trinajstić information content (AvgIpc) is 3.38. The van der Waals surface area contributed by atoms with Gasteiger partial charge >= 0.3 is 0 Å². The van der Waals surface area contributed by atoms with Crippen LogP contribution in [0.15, 0.2) is 0 Å². The fourth-order valence-corrected chi connectivity index (χ4v) is 2.22. The van der Waals surface area contributed by atoms with E-state index in [0.717, 1.165) is 13.2 Å². The Kier molecular flexibility index (Phi) is 46.7. The number of nitrogens with one attached hydrogen (secondary N) is 1. The van der Waals surface area contributed by atoms with Crippen LogP contribution >= 0.6 is 0 Å². The summed E-state index contributed by atoms with van der Waals surface area (Å²) in [4.78, 5) is 4.72. The lowest BCUT2D eigenvalue weighted by molar-refractivity contribution is 0.0968. The van der Waals surface area contributed by atoms with Crippen molar-refractivity contribution in [2.75, 3.05) is 66.6 Å². The quantitative estimate of drug-likeness (QED) is 0.588. The van der Waals surface area contributed by atoms with Gasteiger partial charge in [-0.2, -0.15) is 0 Å². The third kappa shape index (κ3) is 33.8. The Morgan fingerprint density at radius 3 is 1.00 bits per heavy atom. The fraction of sp³-hybridized carbons (Fsp3) is 1.00. The van der Waals surface area contributed by atoms with Crippen molar-refractivity contribution in [2.45, 2.75) is 87.5 Å².